The molecule has 0 aliphatic rings. The lowest BCUT2D eigenvalue weighted by Crippen LogP contribution is -2.36. The van der Waals surface area contributed by atoms with Gasteiger partial charge in [0.05, 0.1) is 5.02 Å². The fraction of sp³-hybridized carbons (Fsp3) is 0.643. The van der Waals surface area contributed by atoms with Crippen LogP contribution in [0.15, 0.2) is 12.3 Å². The van der Waals surface area contributed by atoms with Crippen molar-refractivity contribution in [2.24, 2.45) is 0 Å². The van der Waals surface area contributed by atoms with Crippen LogP contribution in [0.4, 0.5) is 19.0 Å². The van der Waals surface area contributed by atoms with E-state index in [2.05, 4.69) is 10.3 Å². The van der Waals surface area contributed by atoms with Gasteiger partial charge in [-0.05, 0) is 39.3 Å². The Kier molecular flexibility index (Phi) is 5.87. The molecule has 0 amide bonds. The van der Waals surface area contributed by atoms with Crippen LogP contribution in [0, 0.1) is 0 Å². The molecule has 7 heteroatoms. The molecule has 1 rings (SSSR count). The zero-order valence-corrected chi connectivity index (χ0v) is 13.4. The van der Waals surface area contributed by atoms with Crippen molar-refractivity contribution in [3.05, 3.63) is 22.8 Å². The molecule has 0 fully saturated rings. The topological polar surface area (TPSA) is 28.2 Å². The van der Waals surface area contributed by atoms with Crippen LogP contribution in [-0.4, -0.2) is 29.8 Å². The molecule has 0 bridgehead atoms. The van der Waals surface area contributed by atoms with E-state index < -0.39 is 12.7 Å². The molecule has 0 saturated carbocycles. The maximum absolute atomic E-state index is 12.6. The van der Waals surface area contributed by atoms with Gasteiger partial charge < -0.3 is 10.2 Å². The number of aromatic nitrogens is 1. The van der Waals surface area contributed by atoms with E-state index in [1.54, 1.807) is 13.0 Å². The first-order valence-corrected chi connectivity index (χ1v) is 7.11. The molecule has 0 aliphatic heterocycles. The number of nitrogens with one attached hydrogen (secondary N) is 1. The van der Waals surface area contributed by atoms with Crippen molar-refractivity contribution in [2.45, 2.75) is 46.0 Å². The first-order valence-electron chi connectivity index (χ1n) is 6.73. The molecule has 1 aromatic heterocycles. The molecule has 0 aliphatic carbocycles. The van der Waals surface area contributed by atoms with Crippen molar-refractivity contribution in [3.63, 3.8) is 0 Å². The van der Waals surface area contributed by atoms with E-state index in [-0.39, 0.29) is 17.9 Å². The highest BCUT2D eigenvalue weighted by Gasteiger charge is 2.31. The second kappa shape index (κ2) is 6.83. The highest BCUT2D eigenvalue weighted by atomic mass is 35.5. The number of hydrogen-bond donors (Lipinski definition) is 1. The van der Waals surface area contributed by atoms with Crippen LogP contribution in [0.25, 0.3) is 0 Å². The molecule has 0 saturated heterocycles. The average molecular weight is 324 g/mol. The molecule has 0 aromatic carbocycles. The second-order valence-corrected chi connectivity index (χ2v) is 6.27. The lowest BCUT2D eigenvalue weighted by Gasteiger charge is -2.25. The van der Waals surface area contributed by atoms with Crippen LogP contribution in [0.2, 0.25) is 5.02 Å². The van der Waals surface area contributed by atoms with Gasteiger partial charge in [0, 0.05) is 24.8 Å². The van der Waals surface area contributed by atoms with Gasteiger partial charge in [-0.2, -0.15) is 13.2 Å². The maximum atomic E-state index is 12.6. The highest BCUT2D eigenvalue weighted by molar-refractivity contribution is 6.31. The van der Waals surface area contributed by atoms with Crippen LogP contribution in [-0.2, 0) is 6.54 Å². The van der Waals surface area contributed by atoms with E-state index >= 15 is 0 Å². The quantitative estimate of drug-likeness (QED) is 0.887. The van der Waals surface area contributed by atoms with E-state index in [1.807, 2.05) is 20.8 Å². The molecule has 21 heavy (non-hydrogen) atoms. The third kappa shape index (κ3) is 6.52. The van der Waals surface area contributed by atoms with Crippen molar-refractivity contribution in [2.75, 3.05) is 18.0 Å². The number of alkyl halides is 3. The summed E-state index contributed by atoms with van der Waals surface area (Å²) < 4.78 is 37.7. The Hall–Kier alpha value is -1.01. The summed E-state index contributed by atoms with van der Waals surface area (Å²) in [5.41, 5.74) is 0.626. The van der Waals surface area contributed by atoms with Crippen molar-refractivity contribution in [1.29, 1.82) is 0 Å². The molecular formula is C14H21ClF3N3. The summed E-state index contributed by atoms with van der Waals surface area (Å²) in [6, 6.07) is 1.61. The SMILES string of the molecule is CCN(CC(F)(F)F)c1cc(CNC(C)(C)C)c(Cl)cn1. The molecule has 0 atom stereocenters. The van der Waals surface area contributed by atoms with E-state index in [0.717, 1.165) is 5.56 Å². The number of halogens is 4. The van der Waals surface area contributed by atoms with E-state index in [0.29, 0.717) is 11.6 Å². The number of pyridine rings is 1. The Morgan fingerprint density at radius 2 is 1.90 bits per heavy atom. The van der Waals surface area contributed by atoms with Gasteiger partial charge in [0.15, 0.2) is 0 Å². The lowest BCUT2D eigenvalue weighted by atomic mass is 10.1. The Morgan fingerprint density at radius 3 is 2.38 bits per heavy atom. The molecule has 1 aromatic rings. The van der Waals surface area contributed by atoms with Gasteiger partial charge in [-0.25, -0.2) is 4.98 Å². The van der Waals surface area contributed by atoms with Gasteiger partial charge in [-0.15, -0.1) is 0 Å². The molecule has 0 spiro atoms. The molecule has 0 radical (unpaired) electrons. The molecule has 3 nitrogen and oxygen atoms in total. The summed E-state index contributed by atoms with van der Waals surface area (Å²) in [6.45, 7) is 7.35. The summed E-state index contributed by atoms with van der Waals surface area (Å²) >= 11 is 6.06. The van der Waals surface area contributed by atoms with E-state index in [4.69, 9.17) is 11.6 Å². The second-order valence-electron chi connectivity index (χ2n) is 5.87. The van der Waals surface area contributed by atoms with Gasteiger partial charge in [0.2, 0.25) is 0 Å². The normalized spacial score (nSPS) is 12.6. The molecule has 1 N–H and O–H groups in total. The monoisotopic (exact) mass is 323 g/mol. The summed E-state index contributed by atoms with van der Waals surface area (Å²) in [7, 11) is 0. The smallest absolute Gasteiger partial charge is 0.348 e. The number of rotatable bonds is 5. The van der Waals surface area contributed by atoms with Gasteiger partial charge in [0.25, 0.3) is 0 Å². The number of anilines is 1. The average Bonchev–Trinajstić information content (AvgIpc) is 2.33. The summed E-state index contributed by atoms with van der Waals surface area (Å²) in [4.78, 5) is 5.18. The Labute approximate surface area is 128 Å². The standard InChI is InChI=1S/C14H21ClF3N3/c1-5-21(9-14(16,17)18)12-6-10(11(15)8-19-12)7-20-13(2,3)4/h6,8,20H,5,7,9H2,1-4H3. The fourth-order valence-corrected chi connectivity index (χ4v) is 1.88. The zero-order valence-electron chi connectivity index (χ0n) is 12.7. The minimum Gasteiger partial charge on any atom is -0.348 e. The number of hydrogen-bond acceptors (Lipinski definition) is 3. The predicted molar refractivity (Wildman–Crippen MR) is 79.8 cm³/mol. The number of nitrogens with zero attached hydrogens (tertiary/aromatic N) is 2. The van der Waals surface area contributed by atoms with Crippen LogP contribution in [0.3, 0.4) is 0 Å². The van der Waals surface area contributed by atoms with Crippen LogP contribution >= 0.6 is 11.6 Å². The Balaban J connectivity index is 2.93. The molecule has 1 heterocycles. The Morgan fingerprint density at radius 1 is 1.29 bits per heavy atom. The van der Waals surface area contributed by atoms with E-state index in [1.165, 1.54) is 11.1 Å². The van der Waals surface area contributed by atoms with Gasteiger partial charge in [-0.3, -0.25) is 0 Å². The summed E-state index contributed by atoms with van der Waals surface area (Å²) in [5.74, 6) is 0.282. The van der Waals surface area contributed by atoms with Gasteiger partial charge >= 0.3 is 6.18 Å². The third-order valence-corrected chi connectivity index (χ3v) is 3.15. The molecule has 120 valence electrons. The third-order valence-electron chi connectivity index (χ3n) is 2.81. The van der Waals surface area contributed by atoms with Gasteiger partial charge in [-0.1, -0.05) is 11.6 Å². The van der Waals surface area contributed by atoms with Crippen LogP contribution < -0.4 is 10.2 Å². The van der Waals surface area contributed by atoms with Crippen molar-refractivity contribution < 1.29 is 13.2 Å². The lowest BCUT2D eigenvalue weighted by molar-refractivity contribution is -0.119. The van der Waals surface area contributed by atoms with Crippen molar-refractivity contribution >= 4 is 17.4 Å². The summed E-state index contributed by atoms with van der Waals surface area (Å²) in [6.07, 6.45) is -2.86. The minimum atomic E-state index is -4.26. The molecular weight excluding hydrogens is 303 g/mol. The highest BCUT2D eigenvalue weighted by Crippen LogP contribution is 2.24. The largest absolute Gasteiger partial charge is 0.405 e. The van der Waals surface area contributed by atoms with Crippen molar-refractivity contribution in [3.8, 4) is 0 Å². The maximum Gasteiger partial charge on any atom is 0.405 e. The van der Waals surface area contributed by atoms with Gasteiger partial charge in [0.1, 0.15) is 12.4 Å². The van der Waals surface area contributed by atoms with Crippen LogP contribution in [0.5, 0.6) is 0 Å². The van der Waals surface area contributed by atoms with E-state index in [9.17, 15) is 13.2 Å². The first kappa shape index (κ1) is 18.0. The zero-order chi connectivity index (χ0) is 16.3. The minimum absolute atomic E-state index is 0.108. The van der Waals surface area contributed by atoms with Crippen LogP contribution in [0.1, 0.15) is 33.3 Å². The summed E-state index contributed by atoms with van der Waals surface area (Å²) in [5, 5.41) is 3.70. The van der Waals surface area contributed by atoms with Crippen molar-refractivity contribution in [1.82, 2.24) is 10.3 Å². The first-order chi connectivity index (χ1) is 9.52. The molecule has 0 unspecified atom stereocenters. The predicted octanol–water partition coefficient (Wildman–Crippen LogP) is 4.01. The fourth-order valence-electron chi connectivity index (χ4n) is 1.71. The Bertz CT molecular complexity index is 470.